The van der Waals surface area contributed by atoms with Gasteiger partial charge in [0.05, 0.1) is 12.0 Å². The van der Waals surface area contributed by atoms with E-state index in [1.165, 1.54) is 12.1 Å². The van der Waals surface area contributed by atoms with Crippen LogP contribution >= 0.6 is 0 Å². The Labute approximate surface area is 180 Å². The Hall–Kier alpha value is -3.93. The van der Waals surface area contributed by atoms with Crippen molar-refractivity contribution in [2.24, 2.45) is 0 Å². The third kappa shape index (κ3) is 5.57. The third-order valence-corrected chi connectivity index (χ3v) is 4.76. The number of nitro benzene ring substituents is 1. The first-order chi connectivity index (χ1) is 14.9. The lowest BCUT2D eigenvalue weighted by atomic mass is 10.1. The van der Waals surface area contributed by atoms with E-state index in [-0.39, 0.29) is 23.8 Å². The van der Waals surface area contributed by atoms with Gasteiger partial charge in [-0.2, -0.15) is 0 Å². The number of allylic oxidation sites excluding steroid dienone is 1. The summed E-state index contributed by atoms with van der Waals surface area (Å²) >= 11 is 0. The second kappa shape index (κ2) is 9.71. The van der Waals surface area contributed by atoms with Crippen LogP contribution in [0.1, 0.15) is 32.6 Å². The molecule has 3 rings (SSSR count). The monoisotopic (exact) mass is 417 g/mol. The van der Waals surface area contributed by atoms with E-state index in [9.17, 15) is 14.9 Å². The SMILES string of the molecule is COc1ccc(/C=C/C(=O)c2ccc(C)cc2)cc1COc1ccc(C)cc1[N+](=O)[O-]. The molecule has 0 bridgehead atoms. The highest BCUT2D eigenvalue weighted by molar-refractivity contribution is 6.06. The Morgan fingerprint density at radius 3 is 2.32 bits per heavy atom. The summed E-state index contributed by atoms with van der Waals surface area (Å²) in [5, 5.41) is 11.3. The van der Waals surface area contributed by atoms with E-state index < -0.39 is 4.92 Å². The number of benzene rings is 3. The standard InChI is InChI=1S/C25H23NO5/c1-17-4-9-20(10-5-17)23(27)11-7-19-8-13-24(30-3)21(15-19)16-31-25-12-6-18(2)14-22(25)26(28)29/h4-15H,16H2,1-3H3/b11-7+. The Kier molecular flexibility index (Phi) is 6.82. The minimum absolute atomic E-state index is 0.0840. The maximum absolute atomic E-state index is 12.4. The maximum Gasteiger partial charge on any atom is 0.311 e. The highest BCUT2D eigenvalue weighted by Gasteiger charge is 2.16. The van der Waals surface area contributed by atoms with Gasteiger partial charge in [0, 0.05) is 17.2 Å². The fourth-order valence-corrected chi connectivity index (χ4v) is 3.05. The molecule has 0 saturated heterocycles. The van der Waals surface area contributed by atoms with E-state index in [0.29, 0.717) is 16.9 Å². The largest absolute Gasteiger partial charge is 0.496 e. The number of nitrogens with zero attached hydrogens (tertiary/aromatic N) is 1. The fraction of sp³-hybridized carbons (Fsp3) is 0.160. The van der Waals surface area contributed by atoms with Gasteiger partial charge in [0.15, 0.2) is 11.5 Å². The van der Waals surface area contributed by atoms with Gasteiger partial charge in [-0.05, 0) is 49.2 Å². The molecule has 0 heterocycles. The first-order valence-electron chi connectivity index (χ1n) is 9.71. The molecular weight excluding hydrogens is 394 g/mol. The molecule has 6 heteroatoms. The van der Waals surface area contributed by atoms with Crippen LogP contribution in [-0.4, -0.2) is 17.8 Å². The molecule has 31 heavy (non-hydrogen) atoms. The average molecular weight is 417 g/mol. The summed E-state index contributed by atoms with van der Waals surface area (Å²) in [6.45, 7) is 3.84. The first-order valence-corrected chi connectivity index (χ1v) is 9.71. The molecule has 3 aromatic carbocycles. The zero-order valence-electron chi connectivity index (χ0n) is 17.6. The highest BCUT2D eigenvalue weighted by atomic mass is 16.6. The lowest BCUT2D eigenvalue weighted by Gasteiger charge is -2.12. The second-order valence-electron chi connectivity index (χ2n) is 7.15. The minimum atomic E-state index is -0.463. The Morgan fingerprint density at radius 2 is 1.65 bits per heavy atom. The molecule has 0 aliphatic heterocycles. The van der Waals surface area contributed by atoms with E-state index in [4.69, 9.17) is 9.47 Å². The maximum atomic E-state index is 12.4. The number of methoxy groups -OCH3 is 1. The number of ether oxygens (including phenoxy) is 2. The average Bonchev–Trinajstić information content (AvgIpc) is 2.77. The second-order valence-corrected chi connectivity index (χ2v) is 7.15. The molecule has 0 radical (unpaired) electrons. The Bertz CT molecular complexity index is 1130. The number of ketones is 1. The molecule has 3 aromatic rings. The van der Waals surface area contributed by atoms with Gasteiger partial charge in [0.2, 0.25) is 0 Å². The quantitative estimate of drug-likeness (QED) is 0.203. The molecule has 0 atom stereocenters. The van der Waals surface area contributed by atoms with E-state index >= 15 is 0 Å². The zero-order chi connectivity index (χ0) is 22.4. The van der Waals surface area contributed by atoms with Crippen molar-refractivity contribution < 1.29 is 19.2 Å². The van der Waals surface area contributed by atoms with Crippen LogP contribution < -0.4 is 9.47 Å². The molecule has 0 aromatic heterocycles. The predicted octanol–water partition coefficient (Wildman–Crippen LogP) is 5.70. The van der Waals surface area contributed by atoms with Gasteiger partial charge in [-0.15, -0.1) is 0 Å². The summed E-state index contributed by atoms with van der Waals surface area (Å²) in [4.78, 5) is 23.2. The molecule has 0 aliphatic carbocycles. The molecule has 0 amide bonds. The molecule has 0 spiro atoms. The van der Waals surface area contributed by atoms with E-state index in [2.05, 4.69) is 0 Å². The van der Waals surface area contributed by atoms with Crippen LogP contribution in [0.25, 0.3) is 6.08 Å². The lowest BCUT2D eigenvalue weighted by molar-refractivity contribution is -0.386. The van der Waals surface area contributed by atoms with Crippen molar-refractivity contribution in [3.63, 3.8) is 0 Å². The lowest BCUT2D eigenvalue weighted by Crippen LogP contribution is -2.02. The molecule has 158 valence electrons. The Morgan fingerprint density at radius 1 is 0.968 bits per heavy atom. The summed E-state index contributed by atoms with van der Waals surface area (Å²) in [5.41, 5.74) is 3.90. The van der Waals surface area contributed by atoms with Crippen molar-refractivity contribution in [1.29, 1.82) is 0 Å². The van der Waals surface area contributed by atoms with Gasteiger partial charge in [-0.25, -0.2) is 0 Å². The summed E-state index contributed by atoms with van der Waals surface area (Å²) in [5.74, 6) is 0.689. The fourth-order valence-electron chi connectivity index (χ4n) is 3.05. The van der Waals surface area contributed by atoms with Gasteiger partial charge in [0.1, 0.15) is 12.4 Å². The van der Waals surface area contributed by atoms with Crippen LogP contribution in [0.3, 0.4) is 0 Å². The highest BCUT2D eigenvalue weighted by Crippen LogP contribution is 2.30. The smallest absolute Gasteiger partial charge is 0.311 e. The van der Waals surface area contributed by atoms with Crippen LogP contribution in [0.5, 0.6) is 11.5 Å². The summed E-state index contributed by atoms with van der Waals surface area (Å²) in [6, 6.07) is 17.6. The number of carbonyl (C=O) groups is 1. The molecule has 0 aliphatic rings. The van der Waals surface area contributed by atoms with Crippen LogP contribution in [0, 0.1) is 24.0 Å². The van der Waals surface area contributed by atoms with Crippen LogP contribution in [-0.2, 0) is 6.61 Å². The topological polar surface area (TPSA) is 78.7 Å². The van der Waals surface area contributed by atoms with Crippen molar-refractivity contribution in [3.8, 4) is 11.5 Å². The summed E-state index contributed by atoms with van der Waals surface area (Å²) < 4.78 is 11.1. The zero-order valence-corrected chi connectivity index (χ0v) is 17.6. The van der Waals surface area contributed by atoms with Crippen LogP contribution in [0.2, 0.25) is 0 Å². The number of rotatable bonds is 8. The number of hydrogen-bond acceptors (Lipinski definition) is 5. The number of aryl methyl sites for hydroxylation is 2. The van der Waals surface area contributed by atoms with E-state index in [0.717, 1.165) is 16.7 Å². The Balaban J connectivity index is 1.79. The van der Waals surface area contributed by atoms with Crippen molar-refractivity contribution in [1.82, 2.24) is 0 Å². The molecule has 0 saturated carbocycles. The van der Waals surface area contributed by atoms with Crippen LogP contribution in [0.15, 0.2) is 66.7 Å². The molecule has 6 nitrogen and oxygen atoms in total. The predicted molar refractivity (Wildman–Crippen MR) is 120 cm³/mol. The molecular formula is C25H23NO5. The third-order valence-electron chi connectivity index (χ3n) is 4.76. The molecule has 0 unspecified atom stereocenters. The van der Waals surface area contributed by atoms with Crippen molar-refractivity contribution in [2.75, 3.05) is 7.11 Å². The first kappa shape index (κ1) is 21.8. The minimum Gasteiger partial charge on any atom is -0.496 e. The van der Waals surface area contributed by atoms with E-state index in [1.807, 2.05) is 31.2 Å². The molecule has 0 N–H and O–H groups in total. The van der Waals surface area contributed by atoms with Crippen molar-refractivity contribution >= 4 is 17.5 Å². The number of nitro groups is 1. The van der Waals surface area contributed by atoms with Gasteiger partial charge in [-0.1, -0.05) is 48.0 Å². The normalized spacial score (nSPS) is 10.8. The number of hydrogen-bond donors (Lipinski definition) is 0. The van der Waals surface area contributed by atoms with Crippen molar-refractivity contribution in [2.45, 2.75) is 20.5 Å². The number of carbonyl (C=O) groups excluding carboxylic acids is 1. The van der Waals surface area contributed by atoms with E-state index in [1.54, 1.807) is 50.4 Å². The van der Waals surface area contributed by atoms with Gasteiger partial charge in [-0.3, -0.25) is 14.9 Å². The van der Waals surface area contributed by atoms with Crippen molar-refractivity contribution in [3.05, 3.63) is 105 Å². The van der Waals surface area contributed by atoms with Gasteiger partial charge >= 0.3 is 5.69 Å². The summed E-state index contributed by atoms with van der Waals surface area (Å²) in [7, 11) is 1.55. The summed E-state index contributed by atoms with van der Waals surface area (Å²) in [6.07, 6.45) is 3.24. The van der Waals surface area contributed by atoms with Gasteiger partial charge in [0.25, 0.3) is 0 Å². The van der Waals surface area contributed by atoms with Crippen LogP contribution in [0.4, 0.5) is 5.69 Å². The van der Waals surface area contributed by atoms with Gasteiger partial charge < -0.3 is 9.47 Å². The molecule has 0 fully saturated rings.